The molecule has 68 valence electrons. The van der Waals surface area contributed by atoms with E-state index < -0.39 is 29.4 Å². The lowest BCUT2D eigenvalue weighted by atomic mass is 9.95. The van der Waals surface area contributed by atoms with Gasteiger partial charge in [0, 0.05) is 0 Å². The van der Waals surface area contributed by atoms with Crippen LogP contribution in [0.4, 0.5) is 0 Å². The Bertz CT molecular complexity index is 209. The Morgan fingerprint density at radius 3 is 1.75 bits per heavy atom. The Morgan fingerprint density at radius 1 is 1.25 bits per heavy atom. The smallest absolute Gasteiger partial charge is 0.235 e. The van der Waals surface area contributed by atoms with E-state index in [0.717, 1.165) is 6.92 Å². The number of carbonyl (C=O) groups is 3. The predicted octanol–water partition coefficient (Wildman–Crippen LogP) is -1.41. The lowest BCUT2D eigenvalue weighted by molar-refractivity contribution is -0.139. The van der Waals surface area contributed by atoms with Crippen molar-refractivity contribution in [1.82, 2.24) is 0 Å². The number of amides is 1. The number of rotatable bonds is 4. The van der Waals surface area contributed by atoms with Crippen molar-refractivity contribution >= 4 is 17.5 Å². The molecule has 2 unspecified atom stereocenters. The topological polar surface area (TPSA) is 103 Å². The van der Waals surface area contributed by atoms with E-state index >= 15 is 0 Å². The van der Waals surface area contributed by atoms with Crippen LogP contribution in [0.2, 0.25) is 0 Å². The highest BCUT2D eigenvalue weighted by Crippen LogP contribution is 2.01. The van der Waals surface area contributed by atoms with E-state index in [-0.39, 0.29) is 0 Å². The van der Waals surface area contributed by atoms with Gasteiger partial charge in [0.15, 0.2) is 11.7 Å². The summed E-state index contributed by atoms with van der Waals surface area (Å²) < 4.78 is 0. The zero-order valence-corrected chi connectivity index (χ0v) is 7.03. The van der Waals surface area contributed by atoms with Crippen LogP contribution in [0.3, 0.4) is 0 Å². The van der Waals surface area contributed by atoms with Crippen molar-refractivity contribution < 1.29 is 14.4 Å². The monoisotopic (exact) mass is 172 g/mol. The molecule has 0 bridgehead atoms. The number of primary amides is 1. The second kappa shape index (κ2) is 3.96. The van der Waals surface area contributed by atoms with Gasteiger partial charge in [0.1, 0.15) is 5.78 Å². The van der Waals surface area contributed by atoms with Gasteiger partial charge in [-0.1, -0.05) is 0 Å². The third-order valence-electron chi connectivity index (χ3n) is 1.42. The van der Waals surface area contributed by atoms with Crippen LogP contribution >= 0.6 is 0 Å². The molecule has 4 N–H and O–H groups in total. The molecule has 0 aliphatic heterocycles. The molecule has 2 atom stereocenters. The zero-order chi connectivity index (χ0) is 9.89. The Kier molecular flexibility index (Phi) is 3.56. The number of hydrogen-bond donors (Lipinski definition) is 2. The minimum absolute atomic E-state index is 0.565. The van der Waals surface area contributed by atoms with Gasteiger partial charge in [-0.05, 0) is 13.8 Å². The maximum atomic E-state index is 11.1. The average molecular weight is 172 g/mol. The summed E-state index contributed by atoms with van der Waals surface area (Å²) in [6, 6.07) is -0.841. The van der Waals surface area contributed by atoms with Gasteiger partial charge >= 0.3 is 0 Å². The Morgan fingerprint density at radius 2 is 1.67 bits per heavy atom. The van der Waals surface area contributed by atoms with E-state index in [4.69, 9.17) is 11.5 Å². The molecule has 12 heavy (non-hydrogen) atoms. The zero-order valence-electron chi connectivity index (χ0n) is 7.03. The molecule has 1 amide bonds. The quantitative estimate of drug-likeness (QED) is 0.508. The highest BCUT2D eigenvalue weighted by molar-refractivity contribution is 6.18. The van der Waals surface area contributed by atoms with Crippen LogP contribution in [0.5, 0.6) is 0 Å². The van der Waals surface area contributed by atoms with Crippen LogP contribution in [0.15, 0.2) is 0 Å². The van der Waals surface area contributed by atoms with Gasteiger partial charge in [-0.15, -0.1) is 0 Å². The average Bonchev–Trinajstić information content (AvgIpc) is 1.85. The van der Waals surface area contributed by atoms with Crippen LogP contribution in [0, 0.1) is 5.92 Å². The first-order chi connectivity index (χ1) is 5.37. The molecule has 0 fully saturated rings. The standard InChI is InChI=1S/C7H12N2O3/c1-3(8)6(11)5(4(2)10)7(9)12/h3,5H,8H2,1-2H3,(H2,9,12). The van der Waals surface area contributed by atoms with Crippen molar-refractivity contribution in [2.75, 3.05) is 0 Å². The van der Waals surface area contributed by atoms with Crippen molar-refractivity contribution in [3.63, 3.8) is 0 Å². The molecule has 0 saturated carbocycles. The molecule has 0 aromatic rings. The normalized spacial score (nSPS) is 14.9. The molecule has 0 aromatic carbocycles. The summed E-state index contributed by atoms with van der Waals surface area (Å²) in [5.74, 6) is -3.52. The fourth-order valence-electron chi connectivity index (χ4n) is 0.804. The molecule has 5 heteroatoms. The summed E-state index contributed by atoms with van der Waals surface area (Å²) in [5, 5.41) is 0. The fourth-order valence-corrected chi connectivity index (χ4v) is 0.804. The number of Topliss-reactive ketones (excluding diaryl/α,β-unsaturated/α-hetero) is 2. The largest absolute Gasteiger partial charge is 0.369 e. The van der Waals surface area contributed by atoms with Gasteiger partial charge in [-0.25, -0.2) is 0 Å². The Balaban J connectivity index is 4.64. The molecule has 0 spiro atoms. The minimum atomic E-state index is -1.38. The van der Waals surface area contributed by atoms with Crippen molar-refractivity contribution in [3.05, 3.63) is 0 Å². The molecule has 0 aromatic heterocycles. The molecule has 5 nitrogen and oxygen atoms in total. The molecule has 0 aliphatic rings. The van der Waals surface area contributed by atoms with E-state index in [1.165, 1.54) is 6.92 Å². The van der Waals surface area contributed by atoms with E-state index in [0.29, 0.717) is 0 Å². The van der Waals surface area contributed by atoms with Gasteiger partial charge in [0.2, 0.25) is 5.91 Å². The number of ketones is 2. The van der Waals surface area contributed by atoms with Crippen LogP contribution in [-0.4, -0.2) is 23.5 Å². The highest BCUT2D eigenvalue weighted by Gasteiger charge is 2.30. The Hall–Kier alpha value is -1.23. The first-order valence-electron chi connectivity index (χ1n) is 3.47. The molecule has 0 aliphatic carbocycles. The van der Waals surface area contributed by atoms with E-state index in [1.807, 2.05) is 0 Å². The third-order valence-corrected chi connectivity index (χ3v) is 1.42. The maximum Gasteiger partial charge on any atom is 0.235 e. The molecular weight excluding hydrogens is 160 g/mol. The van der Waals surface area contributed by atoms with Crippen LogP contribution in [0.1, 0.15) is 13.8 Å². The molecule has 0 heterocycles. The Labute approximate surface area is 70.1 Å². The second-order valence-electron chi connectivity index (χ2n) is 2.64. The van der Waals surface area contributed by atoms with Gasteiger partial charge in [-0.3, -0.25) is 14.4 Å². The molecule has 0 radical (unpaired) electrons. The van der Waals surface area contributed by atoms with E-state index in [9.17, 15) is 14.4 Å². The number of carbonyl (C=O) groups excluding carboxylic acids is 3. The van der Waals surface area contributed by atoms with Crippen LogP contribution in [-0.2, 0) is 14.4 Å². The van der Waals surface area contributed by atoms with Gasteiger partial charge in [-0.2, -0.15) is 0 Å². The summed E-state index contributed by atoms with van der Waals surface area (Å²) in [7, 11) is 0. The summed E-state index contributed by atoms with van der Waals surface area (Å²) in [6.07, 6.45) is 0. The summed E-state index contributed by atoms with van der Waals surface area (Å²) in [5.41, 5.74) is 10.0. The van der Waals surface area contributed by atoms with Crippen molar-refractivity contribution in [1.29, 1.82) is 0 Å². The summed E-state index contributed by atoms with van der Waals surface area (Å²) in [4.78, 5) is 32.4. The van der Waals surface area contributed by atoms with Gasteiger partial charge in [0.25, 0.3) is 0 Å². The van der Waals surface area contributed by atoms with Crippen molar-refractivity contribution in [2.45, 2.75) is 19.9 Å². The summed E-state index contributed by atoms with van der Waals surface area (Å²) in [6.45, 7) is 2.54. The van der Waals surface area contributed by atoms with Gasteiger partial charge < -0.3 is 11.5 Å². The fraction of sp³-hybridized carbons (Fsp3) is 0.571. The number of nitrogens with two attached hydrogens (primary N) is 2. The second-order valence-corrected chi connectivity index (χ2v) is 2.64. The number of hydrogen-bond acceptors (Lipinski definition) is 4. The lowest BCUT2D eigenvalue weighted by Crippen LogP contribution is -2.43. The first kappa shape index (κ1) is 10.8. The first-order valence-corrected chi connectivity index (χ1v) is 3.47. The minimum Gasteiger partial charge on any atom is -0.369 e. The molecule has 0 rings (SSSR count). The molecule has 0 saturated heterocycles. The highest BCUT2D eigenvalue weighted by atomic mass is 16.2. The van der Waals surface area contributed by atoms with Crippen LogP contribution < -0.4 is 11.5 Å². The van der Waals surface area contributed by atoms with E-state index in [1.54, 1.807) is 0 Å². The maximum absolute atomic E-state index is 11.1. The van der Waals surface area contributed by atoms with Crippen LogP contribution in [0.25, 0.3) is 0 Å². The van der Waals surface area contributed by atoms with Crippen molar-refractivity contribution in [3.8, 4) is 0 Å². The van der Waals surface area contributed by atoms with Gasteiger partial charge in [0.05, 0.1) is 6.04 Å². The van der Waals surface area contributed by atoms with Crippen molar-refractivity contribution in [2.24, 2.45) is 17.4 Å². The predicted molar refractivity (Wildman–Crippen MR) is 42.0 cm³/mol. The summed E-state index contributed by atoms with van der Waals surface area (Å²) >= 11 is 0. The molecular formula is C7H12N2O3. The SMILES string of the molecule is CC(=O)C(C(N)=O)C(=O)C(C)N. The van der Waals surface area contributed by atoms with E-state index in [2.05, 4.69) is 0 Å². The third kappa shape index (κ3) is 2.43. The lowest BCUT2D eigenvalue weighted by Gasteiger charge is -2.10.